The van der Waals surface area contributed by atoms with Gasteiger partial charge in [0.1, 0.15) is 11.2 Å². The lowest BCUT2D eigenvalue weighted by Crippen LogP contribution is -2.42. The molecule has 4 rings (SSSR count). The summed E-state index contributed by atoms with van der Waals surface area (Å²) in [6.07, 6.45) is 1.88. The van der Waals surface area contributed by atoms with Crippen LogP contribution in [0.5, 0.6) is 5.75 Å². The van der Waals surface area contributed by atoms with Gasteiger partial charge in [-0.25, -0.2) is 4.98 Å². The SMILES string of the molecule is Cc1nc2c(OCc3c(Cl)ccc(N(C)C(=O)CNC(=O)CN(C)c4ccccc4)c3Cl)cccn2c1Br. The molecule has 2 aromatic heterocycles. The van der Waals surface area contributed by atoms with Crippen LogP contribution >= 0.6 is 39.1 Å². The zero-order chi connectivity index (χ0) is 27.4. The molecule has 0 aliphatic carbocycles. The van der Waals surface area contributed by atoms with E-state index >= 15 is 0 Å². The summed E-state index contributed by atoms with van der Waals surface area (Å²) in [6.45, 7) is 1.90. The third kappa shape index (κ3) is 6.06. The van der Waals surface area contributed by atoms with Crippen molar-refractivity contribution in [3.8, 4) is 5.75 Å². The van der Waals surface area contributed by atoms with Crippen molar-refractivity contribution in [3.05, 3.63) is 86.7 Å². The summed E-state index contributed by atoms with van der Waals surface area (Å²) in [5.41, 5.74) is 3.37. The first-order valence-corrected chi connectivity index (χ1v) is 13.2. The number of ether oxygens (including phenoxy) is 1. The number of carbonyl (C=O) groups excluding carboxylic acids is 2. The Labute approximate surface area is 239 Å². The predicted octanol–water partition coefficient (Wildman–Crippen LogP) is 5.51. The molecule has 38 heavy (non-hydrogen) atoms. The predicted molar refractivity (Wildman–Crippen MR) is 155 cm³/mol. The number of fused-ring (bicyclic) bond motifs is 1. The molecule has 0 spiro atoms. The summed E-state index contributed by atoms with van der Waals surface area (Å²) in [5, 5.41) is 3.37. The number of hydrogen-bond acceptors (Lipinski definition) is 5. The largest absolute Gasteiger partial charge is 0.485 e. The highest BCUT2D eigenvalue weighted by Gasteiger charge is 2.20. The maximum absolute atomic E-state index is 12.9. The Bertz CT molecular complexity index is 1480. The van der Waals surface area contributed by atoms with E-state index in [2.05, 4.69) is 26.2 Å². The molecule has 198 valence electrons. The van der Waals surface area contributed by atoms with Gasteiger partial charge in [0.05, 0.1) is 29.5 Å². The number of rotatable bonds is 9. The number of aryl methyl sites for hydroxylation is 1. The Morgan fingerprint density at radius 3 is 2.55 bits per heavy atom. The van der Waals surface area contributed by atoms with Crippen LogP contribution in [-0.4, -0.2) is 48.4 Å². The fraction of sp³-hybridized carbons (Fsp3) is 0.222. The normalized spacial score (nSPS) is 10.9. The number of para-hydroxylation sites is 1. The van der Waals surface area contributed by atoms with Gasteiger partial charge in [-0.05, 0) is 59.3 Å². The molecule has 2 amide bonds. The zero-order valence-corrected chi connectivity index (χ0v) is 24.1. The third-order valence-corrected chi connectivity index (χ3v) is 7.73. The molecular formula is C27H26BrCl2N5O3. The number of likely N-dealkylation sites (N-methyl/N-ethyl adjacent to an activating group) is 2. The maximum Gasteiger partial charge on any atom is 0.246 e. The monoisotopic (exact) mass is 617 g/mol. The highest BCUT2D eigenvalue weighted by Crippen LogP contribution is 2.35. The number of benzene rings is 2. The highest BCUT2D eigenvalue weighted by molar-refractivity contribution is 9.10. The van der Waals surface area contributed by atoms with Gasteiger partial charge in [-0.3, -0.25) is 14.0 Å². The highest BCUT2D eigenvalue weighted by atomic mass is 79.9. The first-order valence-electron chi connectivity index (χ1n) is 11.7. The van der Waals surface area contributed by atoms with E-state index in [1.807, 2.05) is 67.0 Å². The standard InChI is InChI=1S/C27H26BrCl2N5O3/c1-17-26(28)35-13-7-10-22(27(35)32-17)38-16-19-20(29)11-12-21(25(19)30)34(3)24(37)14-31-23(36)15-33(2)18-8-5-4-6-9-18/h4-13H,14-16H2,1-3H3,(H,31,36). The molecular weight excluding hydrogens is 593 g/mol. The molecule has 0 atom stereocenters. The molecule has 4 aromatic rings. The molecule has 0 fully saturated rings. The average Bonchev–Trinajstić information content (AvgIpc) is 3.21. The van der Waals surface area contributed by atoms with Crippen molar-refractivity contribution in [1.82, 2.24) is 14.7 Å². The Balaban J connectivity index is 1.41. The van der Waals surface area contributed by atoms with Crippen molar-refractivity contribution in [1.29, 1.82) is 0 Å². The Kier molecular flexibility index (Phi) is 8.81. The van der Waals surface area contributed by atoms with E-state index in [1.165, 1.54) is 4.90 Å². The molecule has 0 unspecified atom stereocenters. The van der Waals surface area contributed by atoms with Crippen LogP contribution in [0.15, 0.2) is 65.4 Å². The number of hydrogen-bond donors (Lipinski definition) is 1. The van der Waals surface area contributed by atoms with E-state index in [9.17, 15) is 9.59 Å². The molecule has 0 radical (unpaired) electrons. The van der Waals surface area contributed by atoms with E-state index in [1.54, 1.807) is 24.1 Å². The average molecular weight is 619 g/mol. The van der Waals surface area contributed by atoms with Gasteiger partial charge in [0.15, 0.2) is 11.4 Å². The van der Waals surface area contributed by atoms with Crippen LogP contribution in [0, 0.1) is 6.92 Å². The van der Waals surface area contributed by atoms with Crippen LogP contribution in [0.3, 0.4) is 0 Å². The van der Waals surface area contributed by atoms with E-state index in [0.717, 1.165) is 16.0 Å². The van der Waals surface area contributed by atoms with Crippen molar-refractivity contribution < 1.29 is 14.3 Å². The van der Waals surface area contributed by atoms with Crippen molar-refractivity contribution in [2.24, 2.45) is 0 Å². The molecule has 11 heteroatoms. The minimum atomic E-state index is -0.334. The number of carbonyl (C=O) groups is 2. The van der Waals surface area contributed by atoms with Crippen LogP contribution in [-0.2, 0) is 16.2 Å². The quantitative estimate of drug-likeness (QED) is 0.268. The van der Waals surface area contributed by atoms with Gasteiger partial charge in [-0.15, -0.1) is 0 Å². The molecule has 2 heterocycles. The van der Waals surface area contributed by atoms with E-state index in [4.69, 9.17) is 27.9 Å². The lowest BCUT2D eigenvalue weighted by Gasteiger charge is -2.22. The van der Waals surface area contributed by atoms with Crippen LogP contribution in [0.25, 0.3) is 5.65 Å². The summed E-state index contributed by atoms with van der Waals surface area (Å²) in [5.74, 6) is -0.0461. The van der Waals surface area contributed by atoms with E-state index in [-0.39, 0.29) is 36.5 Å². The van der Waals surface area contributed by atoms with Crippen molar-refractivity contribution in [3.63, 3.8) is 0 Å². The van der Waals surface area contributed by atoms with E-state index in [0.29, 0.717) is 27.7 Å². The second-order valence-electron chi connectivity index (χ2n) is 8.62. The molecule has 0 aliphatic heterocycles. The van der Waals surface area contributed by atoms with Gasteiger partial charge in [-0.1, -0.05) is 41.4 Å². The third-order valence-electron chi connectivity index (χ3n) is 6.00. The maximum atomic E-state index is 12.9. The second kappa shape index (κ2) is 12.1. The van der Waals surface area contributed by atoms with E-state index < -0.39 is 0 Å². The Morgan fingerprint density at radius 1 is 1.08 bits per heavy atom. The number of amides is 2. The second-order valence-corrected chi connectivity index (χ2v) is 10.2. The number of halogens is 3. The smallest absolute Gasteiger partial charge is 0.246 e. The van der Waals surface area contributed by atoms with Gasteiger partial charge < -0.3 is 19.9 Å². The molecule has 1 N–H and O–H groups in total. The molecule has 8 nitrogen and oxygen atoms in total. The number of pyridine rings is 1. The topological polar surface area (TPSA) is 79.2 Å². The van der Waals surface area contributed by atoms with Gasteiger partial charge in [0, 0.05) is 36.6 Å². The van der Waals surface area contributed by atoms with Crippen molar-refractivity contribution in [2.75, 3.05) is 37.0 Å². The Morgan fingerprint density at radius 2 is 1.82 bits per heavy atom. The lowest BCUT2D eigenvalue weighted by atomic mass is 10.2. The summed E-state index contributed by atoms with van der Waals surface area (Å²) in [7, 11) is 3.41. The Hall–Kier alpha value is -3.27. The number of imidazole rings is 1. The van der Waals surface area contributed by atoms with Crippen LogP contribution in [0.1, 0.15) is 11.3 Å². The van der Waals surface area contributed by atoms with Crippen molar-refractivity contribution in [2.45, 2.75) is 13.5 Å². The summed E-state index contributed by atoms with van der Waals surface area (Å²) in [6, 6.07) is 16.5. The van der Waals surface area contributed by atoms with Gasteiger partial charge >= 0.3 is 0 Å². The van der Waals surface area contributed by atoms with Gasteiger partial charge in [0.2, 0.25) is 11.8 Å². The lowest BCUT2D eigenvalue weighted by molar-refractivity contribution is -0.124. The fourth-order valence-electron chi connectivity index (χ4n) is 3.84. The summed E-state index contributed by atoms with van der Waals surface area (Å²) in [4.78, 5) is 33.0. The zero-order valence-electron chi connectivity index (χ0n) is 21.0. The van der Waals surface area contributed by atoms with Crippen molar-refractivity contribution >= 4 is 68.0 Å². The molecule has 2 aromatic carbocycles. The first-order chi connectivity index (χ1) is 18.2. The van der Waals surface area contributed by atoms with Crippen LogP contribution < -0.4 is 19.9 Å². The number of aromatic nitrogens is 2. The number of nitrogens with zero attached hydrogens (tertiary/aromatic N) is 4. The van der Waals surface area contributed by atoms with Gasteiger partial charge in [0.25, 0.3) is 0 Å². The number of anilines is 2. The minimum absolute atomic E-state index is 0.0687. The number of nitrogens with one attached hydrogen (secondary N) is 1. The van der Waals surface area contributed by atoms with Crippen LogP contribution in [0.4, 0.5) is 11.4 Å². The summed E-state index contributed by atoms with van der Waals surface area (Å²) >= 11 is 16.7. The molecule has 0 aliphatic rings. The van der Waals surface area contributed by atoms with Gasteiger partial charge in [-0.2, -0.15) is 0 Å². The molecule has 0 bridgehead atoms. The van der Waals surface area contributed by atoms with Crippen LogP contribution in [0.2, 0.25) is 10.0 Å². The summed E-state index contributed by atoms with van der Waals surface area (Å²) < 4.78 is 8.76. The fourth-order valence-corrected chi connectivity index (χ4v) is 4.82. The minimum Gasteiger partial charge on any atom is -0.485 e. The molecule has 0 saturated heterocycles. The first kappa shape index (κ1) is 27.8. The molecule has 0 saturated carbocycles.